The van der Waals surface area contributed by atoms with Crippen molar-refractivity contribution >= 4 is 11.9 Å². The molecule has 4 N–H and O–H groups in total. The molecule has 1 amide bonds. The van der Waals surface area contributed by atoms with Gasteiger partial charge in [-0.2, -0.15) is 0 Å². The minimum absolute atomic E-state index is 0.0505. The van der Waals surface area contributed by atoms with Gasteiger partial charge in [0.1, 0.15) is 12.2 Å². The van der Waals surface area contributed by atoms with Crippen LogP contribution in [0.15, 0.2) is 6.20 Å². The van der Waals surface area contributed by atoms with Crippen molar-refractivity contribution in [3.05, 3.63) is 11.9 Å². The van der Waals surface area contributed by atoms with E-state index < -0.39 is 0 Å². The summed E-state index contributed by atoms with van der Waals surface area (Å²) in [5, 5.41) is 17.7. The Bertz CT molecular complexity index is 553. The molecule has 2 rings (SSSR count). The van der Waals surface area contributed by atoms with Crippen molar-refractivity contribution in [3.8, 4) is 0 Å². The first-order valence-electron chi connectivity index (χ1n) is 7.75. The number of nitrogens with two attached hydrogens (primary N) is 1. The topological polar surface area (TPSA) is 116 Å². The predicted octanol–water partition coefficient (Wildman–Crippen LogP) is -0.796. The summed E-state index contributed by atoms with van der Waals surface area (Å²) in [6.45, 7) is 10.3. The first-order chi connectivity index (χ1) is 10.8. The lowest BCUT2D eigenvalue weighted by atomic mass is 10.1. The standard InChI is InChI=1S/C14H26N8O/c1-14(2,3)21-6-4-20(5-7-21)12(23)10-22-9-11(18-19-22)8-17-13(15)16/h9H,4-8,10H2,1-3H3,(H4,15,16,17). The Morgan fingerprint density at radius 3 is 2.57 bits per heavy atom. The Balaban J connectivity index is 1.82. The van der Waals surface area contributed by atoms with Crippen LogP contribution in [0.4, 0.5) is 0 Å². The highest BCUT2D eigenvalue weighted by Crippen LogP contribution is 2.15. The molecule has 0 bridgehead atoms. The third-order valence-electron chi connectivity index (χ3n) is 3.92. The average molecular weight is 322 g/mol. The van der Waals surface area contributed by atoms with Crippen molar-refractivity contribution in [1.82, 2.24) is 30.1 Å². The van der Waals surface area contributed by atoms with Gasteiger partial charge in [0.15, 0.2) is 5.96 Å². The first kappa shape index (κ1) is 17.2. The Morgan fingerprint density at radius 1 is 1.35 bits per heavy atom. The molecule has 1 aromatic rings. The molecular formula is C14H26N8O. The van der Waals surface area contributed by atoms with Crippen LogP contribution in [-0.2, 0) is 17.9 Å². The lowest BCUT2D eigenvalue weighted by Crippen LogP contribution is -2.55. The molecule has 0 saturated carbocycles. The highest BCUT2D eigenvalue weighted by atomic mass is 16.2. The molecule has 1 fully saturated rings. The van der Waals surface area contributed by atoms with Gasteiger partial charge in [-0.25, -0.2) is 4.68 Å². The molecule has 0 aromatic carbocycles. The van der Waals surface area contributed by atoms with Crippen LogP contribution in [0.2, 0.25) is 0 Å². The van der Waals surface area contributed by atoms with Gasteiger partial charge in [-0.1, -0.05) is 5.21 Å². The molecule has 9 nitrogen and oxygen atoms in total. The second kappa shape index (κ2) is 6.95. The first-order valence-corrected chi connectivity index (χ1v) is 7.75. The fourth-order valence-corrected chi connectivity index (χ4v) is 2.55. The lowest BCUT2D eigenvalue weighted by molar-refractivity contribution is -0.134. The van der Waals surface area contributed by atoms with Crippen molar-refractivity contribution in [1.29, 1.82) is 5.41 Å². The van der Waals surface area contributed by atoms with E-state index in [4.69, 9.17) is 11.1 Å². The second-order valence-corrected chi connectivity index (χ2v) is 6.71. The normalized spacial score (nSPS) is 16.4. The quantitative estimate of drug-likeness (QED) is 0.494. The predicted molar refractivity (Wildman–Crippen MR) is 86.7 cm³/mol. The molecule has 128 valence electrons. The molecule has 9 heteroatoms. The number of piperazine rings is 1. The van der Waals surface area contributed by atoms with Gasteiger partial charge >= 0.3 is 0 Å². The fraction of sp³-hybridized carbons (Fsp3) is 0.714. The Labute approximate surface area is 136 Å². The Hall–Kier alpha value is -2.16. The number of rotatable bonds is 4. The molecule has 1 aliphatic heterocycles. The highest BCUT2D eigenvalue weighted by Gasteiger charge is 2.27. The summed E-state index contributed by atoms with van der Waals surface area (Å²) in [6.07, 6.45) is 1.69. The van der Waals surface area contributed by atoms with E-state index in [1.807, 2.05) is 4.90 Å². The fourth-order valence-electron chi connectivity index (χ4n) is 2.55. The summed E-state index contributed by atoms with van der Waals surface area (Å²) in [5.74, 6) is -0.0677. The van der Waals surface area contributed by atoms with Gasteiger partial charge in [0.05, 0.1) is 12.7 Å². The average Bonchev–Trinajstić information content (AvgIpc) is 2.92. The van der Waals surface area contributed by atoms with Gasteiger partial charge in [-0.3, -0.25) is 15.1 Å². The van der Waals surface area contributed by atoms with E-state index >= 15 is 0 Å². The third kappa shape index (κ3) is 4.92. The number of guanidine groups is 1. The Morgan fingerprint density at radius 2 is 2.00 bits per heavy atom. The SMILES string of the molecule is CC(C)(C)N1CCN(C(=O)Cn2cc(CNC(=N)N)nn2)CC1. The third-order valence-corrected chi connectivity index (χ3v) is 3.92. The number of carbonyl (C=O) groups excluding carboxylic acids is 1. The molecule has 1 aliphatic rings. The molecule has 0 aliphatic carbocycles. The molecule has 1 aromatic heterocycles. The minimum Gasteiger partial charge on any atom is -0.370 e. The molecule has 0 atom stereocenters. The summed E-state index contributed by atoms with van der Waals surface area (Å²) >= 11 is 0. The van der Waals surface area contributed by atoms with Crippen LogP contribution in [0.3, 0.4) is 0 Å². The maximum Gasteiger partial charge on any atom is 0.244 e. The number of amides is 1. The second-order valence-electron chi connectivity index (χ2n) is 6.71. The van der Waals surface area contributed by atoms with Crippen LogP contribution in [0.25, 0.3) is 0 Å². The summed E-state index contributed by atoms with van der Waals surface area (Å²) in [4.78, 5) is 16.6. The molecule has 0 radical (unpaired) electrons. The number of hydrogen-bond acceptors (Lipinski definition) is 5. The monoisotopic (exact) mass is 322 g/mol. The number of carbonyl (C=O) groups is 1. The zero-order chi connectivity index (χ0) is 17.0. The van der Waals surface area contributed by atoms with Crippen LogP contribution in [0.5, 0.6) is 0 Å². The number of hydrogen-bond donors (Lipinski definition) is 3. The van der Waals surface area contributed by atoms with Gasteiger partial charge in [0.2, 0.25) is 5.91 Å². The summed E-state index contributed by atoms with van der Waals surface area (Å²) < 4.78 is 1.52. The van der Waals surface area contributed by atoms with Crippen LogP contribution in [0, 0.1) is 5.41 Å². The molecular weight excluding hydrogens is 296 g/mol. The maximum atomic E-state index is 12.3. The van der Waals surface area contributed by atoms with Crippen molar-refractivity contribution in [2.45, 2.75) is 39.4 Å². The molecule has 0 spiro atoms. The lowest BCUT2D eigenvalue weighted by Gasteiger charge is -2.42. The van der Waals surface area contributed by atoms with Crippen LogP contribution in [-0.4, -0.2) is 68.4 Å². The van der Waals surface area contributed by atoms with Crippen LogP contribution < -0.4 is 11.1 Å². The van der Waals surface area contributed by atoms with E-state index in [1.54, 1.807) is 6.20 Å². The highest BCUT2D eigenvalue weighted by molar-refractivity contribution is 5.76. The maximum absolute atomic E-state index is 12.3. The summed E-state index contributed by atoms with van der Waals surface area (Å²) in [5.41, 5.74) is 6.00. The van der Waals surface area contributed by atoms with Crippen molar-refractivity contribution in [2.75, 3.05) is 26.2 Å². The number of nitrogens with zero attached hydrogens (tertiary/aromatic N) is 5. The number of aromatic nitrogens is 3. The van der Waals surface area contributed by atoms with Gasteiger partial charge < -0.3 is 16.0 Å². The molecule has 0 unspecified atom stereocenters. The zero-order valence-electron chi connectivity index (χ0n) is 14.0. The van der Waals surface area contributed by atoms with E-state index in [0.717, 1.165) is 26.2 Å². The van der Waals surface area contributed by atoms with Gasteiger partial charge in [-0.15, -0.1) is 5.10 Å². The van der Waals surface area contributed by atoms with E-state index in [1.165, 1.54) is 4.68 Å². The van der Waals surface area contributed by atoms with Gasteiger partial charge in [-0.05, 0) is 20.8 Å². The zero-order valence-corrected chi connectivity index (χ0v) is 14.0. The molecule has 23 heavy (non-hydrogen) atoms. The van der Waals surface area contributed by atoms with Crippen LogP contribution >= 0.6 is 0 Å². The summed E-state index contributed by atoms with van der Waals surface area (Å²) in [6, 6.07) is 0. The van der Waals surface area contributed by atoms with Crippen molar-refractivity contribution in [3.63, 3.8) is 0 Å². The Kier molecular flexibility index (Phi) is 5.19. The summed E-state index contributed by atoms with van der Waals surface area (Å²) in [7, 11) is 0. The number of nitrogens with one attached hydrogen (secondary N) is 2. The largest absolute Gasteiger partial charge is 0.370 e. The minimum atomic E-state index is -0.118. The van der Waals surface area contributed by atoms with E-state index in [0.29, 0.717) is 12.2 Å². The van der Waals surface area contributed by atoms with Gasteiger partial charge in [0, 0.05) is 31.7 Å². The van der Waals surface area contributed by atoms with Crippen molar-refractivity contribution in [2.24, 2.45) is 5.73 Å². The van der Waals surface area contributed by atoms with Crippen molar-refractivity contribution < 1.29 is 4.79 Å². The smallest absolute Gasteiger partial charge is 0.244 e. The van der Waals surface area contributed by atoms with Crippen LogP contribution in [0.1, 0.15) is 26.5 Å². The van der Waals surface area contributed by atoms with Gasteiger partial charge in [0.25, 0.3) is 0 Å². The molecule has 2 heterocycles. The van der Waals surface area contributed by atoms with E-state index in [9.17, 15) is 4.79 Å². The van der Waals surface area contributed by atoms with E-state index in [2.05, 4.69) is 41.3 Å². The molecule has 1 saturated heterocycles. The van der Waals surface area contributed by atoms with E-state index in [-0.39, 0.29) is 24.0 Å².